The summed E-state index contributed by atoms with van der Waals surface area (Å²) in [6.07, 6.45) is 0. The molecular formula is C28H24MnN4+3. The van der Waals surface area contributed by atoms with Gasteiger partial charge in [0.25, 0.3) is 0 Å². The molecule has 0 amide bonds. The normalized spacial score (nSPS) is 10.8. The smallest absolute Gasteiger partial charge is 0.251 e. The van der Waals surface area contributed by atoms with E-state index in [-0.39, 0.29) is 17.1 Å². The molecule has 0 atom stereocenters. The van der Waals surface area contributed by atoms with Crippen molar-refractivity contribution in [3.05, 3.63) is 95.6 Å². The standard InChI is InChI=1S/C28H24N4.Mn/c1-17-18(2)30-24-14-6-11-22-12-8-16-26(28(22)24)32-20(4)19(3)31-25-15-7-10-21-9-5-13-23(29-17)27(21)25;/h5-16H,1-4H3;/q;+3. The van der Waals surface area contributed by atoms with E-state index in [9.17, 15) is 0 Å². The van der Waals surface area contributed by atoms with Crippen LogP contribution in [0, 0.1) is 27.7 Å². The molecule has 4 aromatic carbocycles. The van der Waals surface area contributed by atoms with E-state index in [0.29, 0.717) is 0 Å². The van der Waals surface area contributed by atoms with Crippen LogP contribution in [0.4, 0.5) is 0 Å². The Balaban J connectivity index is 0.00000259. The summed E-state index contributed by atoms with van der Waals surface area (Å²) in [7, 11) is 0. The molecule has 0 saturated heterocycles. The fourth-order valence-corrected chi connectivity index (χ4v) is 4.02. The predicted molar refractivity (Wildman–Crippen MR) is 133 cm³/mol. The minimum atomic E-state index is 0. The molecule has 0 aliphatic rings. The molecule has 4 nitrogen and oxygen atoms in total. The maximum Gasteiger partial charge on any atom is 3.00 e. The van der Waals surface area contributed by atoms with Crippen LogP contribution >= 0.6 is 0 Å². The zero-order valence-electron chi connectivity index (χ0n) is 19.1. The van der Waals surface area contributed by atoms with Crippen LogP contribution < -0.4 is 0 Å². The Morgan fingerprint density at radius 3 is 0.879 bits per heavy atom. The van der Waals surface area contributed by atoms with Crippen molar-refractivity contribution in [1.29, 1.82) is 0 Å². The largest absolute Gasteiger partial charge is 3.00 e. The molecule has 0 N–H and O–H groups in total. The first-order valence-corrected chi connectivity index (χ1v) is 10.8. The molecule has 160 valence electrons. The SMILES string of the molecule is Cc1nc2cccc3cccc(nc(C)c(C)nc4cccc5cccc(nc1C)c54)c32.[Mn+3]. The van der Waals surface area contributed by atoms with Gasteiger partial charge in [0.05, 0.1) is 44.8 Å². The van der Waals surface area contributed by atoms with Crippen LogP contribution in [0.3, 0.4) is 0 Å². The van der Waals surface area contributed by atoms with Crippen LogP contribution in [0.2, 0.25) is 0 Å². The fraction of sp³-hybridized carbons (Fsp3) is 0.143. The first-order chi connectivity index (χ1) is 15.5. The average molecular weight is 471 g/mol. The molecule has 5 rings (SSSR count). The van der Waals surface area contributed by atoms with Crippen LogP contribution in [0.1, 0.15) is 22.8 Å². The quantitative estimate of drug-likeness (QED) is 0.233. The van der Waals surface area contributed by atoms with E-state index in [1.165, 1.54) is 0 Å². The second-order valence-electron chi connectivity index (χ2n) is 8.09. The van der Waals surface area contributed by atoms with Gasteiger partial charge in [-0.25, -0.2) is 0 Å². The first-order valence-electron chi connectivity index (χ1n) is 10.8. The molecule has 0 aliphatic heterocycles. The predicted octanol–water partition coefficient (Wildman–Crippen LogP) is 6.80. The van der Waals surface area contributed by atoms with E-state index in [2.05, 4.69) is 24.3 Å². The van der Waals surface area contributed by atoms with Gasteiger partial charge >= 0.3 is 17.1 Å². The molecule has 33 heavy (non-hydrogen) atoms. The van der Waals surface area contributed by atoms with Crippen LogP contribution in [-0.2, 0) is 17.1 Å². The molecule has 1 heterocycles. The van der Waals surface area contributed by atoms with Gasteiger partial charge < -0.3 is 0 Å². The van der Waals surface area contributed by atoms with Crippen molar-refractivity contribution >= 4 is 43.6 Å². The Morgan fingerprint density at radius 2 is 0.636 bits per heavy atom. The summed E-state index contributed by atoms with van der Waals surface area (Å²) < 4.78 is 0. The van der Waals surface area contributed by atoms with Gasteiger partial charge in [-0.1, -0.05) is 48.5 Å². The molecule has 0 aliphatic carbocycles. The van der Waals surface area contributed by atoms with E-state index >= 15 is 0 Å². The number of benzene rings is 4. The monoisotopic (exact) mass is 471 g/mol. The Labute approximate surface area is 203 Å². The van der Waals surface area contributed by atoms with Crippen molar-refractivity contribution in [2.45, 2.75) is 27.7 Å². The van der Waals surface area contributed by atoms with Gasteiger partial charge in [0.1, 0.15) is 0 Å². The average Bonchev–Trinajstić information content (AvgIpc) is 2.79. The van der Waals surface area contributed by atoms with E-state index in [1.807, 2.05) is 76.2 Å². The minimum Gasteiger partial charge on any atom is -0.251 e. The molecule has 0 unspecified atom stereocenters. The first kappa shape index (κ1) is 22.8. The van der Waals surface area contributed by atoms with Crippen LogP contribution in [0.5, 0.6) is 0 Å². The van der Waals surface area contributed by atoms with Gasteiger partial charge in [0.15, 0.2) is 0 Å². The number of aromatic nitrogens is 4. The van der Waals surface area contributed by atoms with Gasteiger partial charge in [0, 0.05) is 10.8 Å². The Bertz CT molecular complexity index is 1390. The summed E-state index contributed by atoms with van der Waals surface area (Å²) in [5, 5.41) is 4.29. The molecular weight excluding hydrogens is 447 g/mol. The molecule has 0 bridgehead atoms. The number of rotatable bonds is 0. The number of hydrogen-bond acceptors (Lipinski definition) is 4. The van der Waals surface area contributed by atoms with Crippen molar-refractivity contribution in [1.82, 2.24) is 19.9 Å². The van der Waals surface area contributed by atoms with Crippen molar-refractivity contribution < 1.29 is 17.1 Å². The number of aryl methyl sites for hydroxylation is 4. The summed E-state index contributed by atoms with van der Waals surface area (Å²) in [4.78, 5) is 19.9. The zero-order chi connectivity index (χ0) is 22.2. The van der Waals surface area contributed by atoms with Crippen LogP contribution in [-0.4, -0.2) is 19.9 Å². The maximum atomic E-state index is 4.98. The summed E-state index contributed by atoms with van der Waals surface area (Å²) in [6.45, 7) is 8.04. The fourth-order valence-electron chi connectivity index (χ4n) is 4.02. The number of nitrogens with zero attached hydrogens (tertiary/aromatic N) is 4. The third-order valence-electron chi connectivity index (χ3n) is 5.92. The Hall–Kier alpha value is -3.40. The van der Waals surface area contributed by atoms with Gasteiger partial charge in [-0.15, -0.1) is 0 Å². The molecule has 0 spiro atoms. The number of hydrogen-bond donors (Lipinski definition) is 0. The second-order valence-corrected chi connectivity index (χ2v) is 8.09. The van der Waals surface area contributed by atoms with Gasteiger partial charge in [-0.05, 0) is 62.7 Å². The van der Waals surface area contributed by atoms with Crippen molar-refractivity contribution in [3.63, 3.8) is 0 Å². The van der Waals surface area contributed by atoms with E-state index in [1.54, 1.807) is 0 Å². The van der Waals surface area contributed by atoms with E-state index in [0.717, 1.165) is 66.4 Å². The van der Waals surface area contributed by atoms with Crippen LogP contribution in [0.25, 0.3) is 43.6 Å². The Kier molecular flexibility index (Phi) is 6.37. The topological polar surface area (TPSA) is 51.6 Å². The van der Waals surface area contributed by atoms with E-state index in [4.69, 9.17) is 19.9 Å². The van der Waals surface area contributed by atoms with Gasteiger partial charge in [-0.3, -0.25) is 19.9 Å². The summed E-state index contributed by atoms with van der Waals surface area (Å²) in [5.74, 6) is 0. The van der Waals surface area contributed by atoms with Crippen molar-refractivity contribution in [2.24, 2.45) is 0 Å². The Morgan fingerprint density at radius 1 is 0.394 bits per heavy atom. The molecule has 0 fully saturated rings. The maximum absolute atomic E-state index is 4.98. The molecule has 5 heteroatoms. The van der Waals surface area contributed by atoms with Gasteiger partial charge in [-0.2, -0.15) is 0 Å². The summed E-state index contributed by atoms with van der Waals surface area (Å²) >= 11 is 0. The van der Waals surface area contributed by atoms with Crippen LogP contribution in [0.15, 0.2) is 72.8 Å². The molecule has 0 radical (unpaired) electrons. The molecule has 5 aromatic rings. The second kappa shape index (κ2) is 9.22. The third kappa shape index (κ3) is 4.30. The zero-order valence-corrected chi connectivity index (χ0v) is 20.3. The van der Waals surface area contributed by atoms with Crippen molar-refractivity contribution in [2.75, 3.05) is 0 Å². The molecule has 1 aromatic heterocycles. The van der Waals surface area contributed by atoms with E-state index < -0.39 is 0 Å². The minimum absolute atomic E-state index is 0. The third-order valence-corrected chi connectivity index (χ3v) is 5.92. The van der Waals surface area contributed by atoms with Crippen molar-refractivity contribution in [3.8, 4) is 0 Å². The summed E-state index contributed by atoms with van der Waals surface area (Å²) in [5.41, 5.74) is 7.08. The molecule has 0 saturated carbocycles. The summed E-state index contributed by atoms with van der Waals surface area (Å²) in [6, 6.07) is 24.7. The van der Waals surface area contributed by atoms with Gasteiger partial charge in [0.2, 0.25) is 0 Å².